The Morgan fingerprint density at radius 1 is 1.39 bits per heavy atom. The van der Waals surface area contributed by atoms with Gasteiger partial charge in [0.1, 0.15) is 5.75 Å². The highest BCUT2D eigenvalue weighted by molar-refractivity contribution is 8.00. The van der Waals surface area contributed by atoms with E-state index in [1.54, 1.807) is 14.0 Å². The third-order valence-corrected chi connectivity index (χ3v) is 5.45. The number of methoxy groups -OCH3 is 1. The van der Waals surface area contributed by atoms with Crippen LogP contribution in [-0.2, 0) is 16.1 Å². The molecule has 1 saturated heterocycles. The van der Waals surface area contributed by atoms with Crippen molar-refractivity contribution < 1.29 is 19.1 Å². The molecule has 9 nitrogen and oxygen atoms in total. The van der Waals surface area contributed by atoms with Crippen molar-refractivity contribution in [2.24, 2.45) is 5.73 Å². The van der Waals surface area contributed by atoms with Crippen molar-refractivity contribution in [3.63, 3.8) is 0 Å². The van der Waals surface area contributed by atoms with Gasteiger partial charge in [-0.3, -0.25) is 14.7 Å². The predicted molar refractivity (Wildman–Crippen MR) is 104 cm³/mol. The minimum Gasteiger partial charge on any atom is -0.497 e. The Labute approximate surface area is 167 Å². The fourth-order valence-corrected chi connectivity index (χ4v) is 3.78. The summed E-state index contributed by atoms with van der Waals surface area (Å²) in [4.78, 5) is 23.0. The van der Waals surface area contributed by atoms with Gasteiger partial charge in [-0.25, -0.2) is 4.79 Å². The molecule has 2 aromatic rings. The summed E-state index contributed by atoms with van der Waals surface area (Å²) < 4.78 is 12.9. The number of urea groups is 1. The number of benzene rings is 1. The Hall–Kier alpha value is -2.59. The minimum atomic E-state index is -0.878. The number of primary amides is 1. The van der Waals surface area contributed by atoms with Gasteiger partial charge in [-0.05, 0) is 44.0 Å². The molecule has 2 atom stereocenters. The van der Waals surface area contributed by atoms with E-state index in [-0.39, 0.29) is 6.10 Å². The molecule has 0 bridgehead atoms. The fourth-order valence-electron chi connectivity index (χ4n) is 2.92. The first-order chi connectivity index (χ1) is 13.5. The molecule has 1 aromatic carbocycles. The number of carbonyl (C=O) groups is 2. The van der Waals surface area contributed by atoms with Crippen molar-refractivity contribution in [2.45, 2.75) is 42.8 Å². The molecule has 28 heavy (non-hydrogen) atoms. The van der Waals surface area contributed by atoms with Gasteiger partial charge in [0.2, 0.25) is 5.91 Å². The van der Waals surface area contributed by atoms with Gasteiger partial charge in [-0.1, -0.05) is 11.8 Å². The Morgan fingerprint density at radius 3 is 2.75 bits per heavy atom. The second-order valence-corrected chi connectivity index (χ2v) is 7.70. The maximum atomic E-state index is 12.0. The van der Waals surface area contributed by atoms with Gasteiger partial charge < -0.3 is 15.2 Å². The molecule has 0 radical (unpaired) electrons. The van der Waals surface area contributed by atoms with Crippen LogP contribution in [0.3, 0.4) is 0 Å². The number of hydrogen-bond acceptors (Lipinski definition) is 7. The molecular formula is C18H23N5O4S. The molecule has 3 N–H and O–H groups in total. The van der Waals surface area contributed by atoms with Crippen LogP contribution in [0.4, 0.5) is 4.79 Å². The third kappa shape index (κ3) is 4.82. The quantitative estimate of drug-likeness (QED) is 0.674. The van der Waals surface area contributed by atoms with E-state index >= 15 is 0 Å². The maximum Gasteiger partial charge on any atom is 0.318 e. The zero-order chi connectivity index (χ0) is 20.1. The Balaban J connectivity index is 1.87. The van der Waals surface area contributed by atoms with Gasteiger partial charge in [0.05, 0.1) is 25.0 Å². The number of nitrogens with two attached hydrogens (primary N) is 1. The summed E-state index contributed by atoms with van der Waals surface area (Å²) in [5.41, 5.74) is 5.91. The monoisotopic (exact) mass is 405 g/mol. The molecule has 1 aliphatic heterocycles. The van der Waals surface area contributed by atoms with Gasteiger partial charge in [-0.2, -0.15) is 0 Å². The average molecular weight is 405 g/mol. The Bertz CT molecular complexity index is 833. The van der Waals surface area contributed by atoms with Gasteiger partial charge in [-0.15, -0.1) is 10.2 Å². The summed E-state index contributed by atoms with van der Waals surface area (Å²) in [5.74, 6) is 0.957. The maximum absolute atomic E-state index is 12.0. The topological polar surface area (TPSA) is 121 Å². The third-order valence-electron chi connectivity index (χ3n) is 4.37. The number of nitrogens with zero attached hydrogens (tertiary/aromatic N) is 3. The molecule has 3 rings (SSSR count). The van der Waals surface area contributed by atoms with Crippen LogP contribution in [-0.4, -0.2) is 51.8 Å². The minimum absolute atomic E-state index is 0.0714. The van der Waals surface area contributed by atoms with E-state index in [9.17, 15) is 9.59 Å². The SMILES string of the molecule is COc1ccc(-c2nnc(S[C@H](C)C(=O)NC(N)=O)n2C[C@H]2CCCO2)cc1. The number of imide groups is 1. The van der Waals surface area contributed by atoms with Crippen LogP contribution >= 0.6 is 11.8 Å². The van der Waals surface area contributed by atoms with E-state index in [1.165, 1.54) is 11.8 Å². The van der Waals surface area contributed by atoms with E-state index in [0.717, 1.165) is 30.8 Å². The molecular weight excluding hydrogens is 382 g/mol. The number of thioether (sulfide) groups is 1. The fraction of sp³-hybridized carbons (Fsp3) is 0.444. The lowest BCUT2D eigenvalue weighted by Gasteiger charge is -2.16. The van der Waals surface area contributed by atoms with Crippen LogP contribution in [0.15, 0.2) is 29.4 Å². The summed E-state index contributed by atoms with van der Waals surface area (Å²) >= 11 is 1.22. The van der Waals surface area contributed by atoms with Crippen LogP contribution < -0.4 is 15.8 Å². The number of nitrogens with one attached hydrogen (secondary N) is 1. The van der Waals surface area contributed by atoms with Crippen molar-refractivity contribution in [3.8, 4) is 17.1 Å². The number of hydrogen-bond donors (Lipinski definition) is 2. The summed E-state index contributed by atoms with van der Waals surface area (Å²) in [6.45, 7) is 3.01. The van der Waals surface area contributed by atoms with Crippen molar-refractivity contribution >= 4 is 23.7 Å². The van der Waals surface area contributed by atoms with E-state index in [0.29, 0.717) is 17.5 Å². The van der Waals surface area contributed by atoms with Crippen LogP contribution in [0.2, 0.25) is 0 Å². The summed E-state index contributed by atoms with van der Waals surface area (Å²) in [7, 11) is 1.61. The average Bonchev–Trinajstić information content (AvgIpc) is 3.32. The highest BCUT2D eigenvalue weighted by Crippen LogP contribution is 2.29. The van der Waals surface area contributed by atoms with Crippen LogP contribution in [0, 0.1) is 0 Å². The molecule has 10 heteroatoms. The second kappa shape index (κ2) is 9.07. The lowest BCUT2D eigenvalue weighted by atomic mass is 10.2. The lowest BCUT2D eigenvalue weighted by molar-refractivity contribution is -0.119. The highest BCUT2D eigenvalue weighted by atomic mass is 32.2. The largest absolute Gasteiger partial charge is 0.497 e. The zero-order valence-electron chi connectivity index (χ0n) is 15.8. The van der Waals surface area contributed by atoms with E-state index in [2.05, 4.69) is 15.5 Å². The normalized spacial score (nSPS) is 17.3. The number of amides is 3. The first-order valence-electron chi connectivity index (χ1n) is 8.94. The molecule has 2 heterocycles. The second-order valence-electron chi connectivity index (χ2n) is 6.39. The van der Waals surface area contributed by atoms with E-state index in [4.69, 9.17) is 15.2 Å². The molecule has 1 aliphatic rings. The molecule has 0 unspecified atom stereocenters. The zero-order valence-corrected chi connectivity index (χ0v) is 16.6. The predicted octanol–water partition coefficient (Wildman–Crippen LogP) is 1.81. The van der Waals surface area contributed by atoms with Crippen LogP contribution in [0.1, 0.15) is 19.8 Å². The number of ether oxygens (including phenoxy) is 2. The molecule has 1 fully saturated rings. The molecule has 0 spiro atoms. The number of carbonyl (C=O) groups excluding carboxylic acids is 2. The van der Waals surface area contributed by atoms with Crippen LogP contribution in [0.25, 0.3) is 11.4 Å². The van der Waals surface area contributed by atoms with Gasteiger partial charge >= 0.3 is 6.03 Å². The number of aromatic nitrogens is 3. The van der Waals surface area contributed by atoms with Gasteiger partial charge in [0.15, 0.2) is 11.0 Å². The smallest absolute Gasteiger partial charge is 0.318 e. The van der Waals surface area contributed by atoms with E-state index < -0.39 is 17.2 Å². The summed E-state index contributed by atoms with van der Waals surface area (Å²) in [6, 6.07) is 6.66. The van der Waals surface area contributed by atoms with Crippen molar-refractivity contribution in [1.29, 1.82) is 0 Å². The van der Waals surface area contributed by atoms with Crippen LogP contribution in [0.5, 0.6) is 5.75 Å². The Morgan fingerprint density at radius 2 is 2.14 bits per heavy atom. The molecule has 0 aliphatic carbocycles. The molecule has 150 valence electrons. The molecule has 1 aromatic heterocycles. The van der Waals surface area contributed by atoms with Crippen molar-refractivity contribution in [2.75, 3.05) is 13.7 Å². The van der Waals surface area contributed by atoms with Gasteiger partial charge in [0, 0.05) is 12.2 Å². The molecule has 0 saturated carbocycles. The first kappa shape index (κ1) is 20.2. The molecule has 3 amide bonds. The van der Waals surface area contributed by atoms with Gasteiger partial charge in [0.25, 0.3) is 0 Å². The summed E-state index contributed by atoms with van der Waals surface area (Å²) in [6.07, 6.45) is 2.05. The first-order valence-corrected chi connectivity index (χ1v) is 9.82. The van der Waals surface area contributed by atoms with Crippen molar-refractivity contribution in [1.82, 2.24) is 20.1 Å². The summed E-state index contributed by atoms with van der Waals surface area (Å²) in [5, 5.41) is 10.7. The van der Waals surface area contributed by atoms with Crippen molar-refractivity contribution in [3.05, 3.63) is 24.3 Å². The Kier molecular flexibility index (Phi) is 6.53. The standard InChI is InChI=1S/C18H23N5O4S/c1-11(16(24)20-17(19)25)28-18-22-21-15(12-5-7-13(26-2)8-6-12)23(18)10-14-4-3-9-27-14/h5-8,11,14H,3-4,9-10H2,1-2H3,(H3,19,20,24,25)/t11-,14-/m1/s1. The number of rotatable bonds is 7. The van der Waals surface area contributed by atoms with E-state index in [1.807, 2.05) is 28.8 Å². The highest BCUT2D eigenvalue weighted by Gasteiger charge is 2.25. The lowest BCUT2D eigenvalue weighted by Crippen LogP contribution is -2.39.